The van der Waals surface area contributed by atoms with E-state index in [0.717, 1.165) is 25.2 Å². The van der Waals surface area contributed by atoms with Gasteiger partial charge in [0.2, 0.25) is 17.7 Å². The Labute approximate surface area is 164 Å². The van der Waals surface area contributed by atoms with E-state index in [1.165, 1.54) is 10.5 Å². The molecule has 0 radical (unpaired) electrons. The highest BCUT2D eigenvalue weighted by Crippen LogP contribution is 2.55. The minimum Gasteiger partial charge on any atom is -0.368 e. The second-order valence-corrected chi connectivity index (χ2v) is 8.43. The summed E-state index contributed by atoms with van der Waals surface area (Å²) in [6.07, 6.45) is 3.08. The highest BCUT2D eigenvalue weighted by molar-refractivity contribution is 6.08. The van der Waals surface area contributed by atoms with Crippen LogP contribution in [0.1, 0.15) is 13.3 Å². The monoisotopic (exact) mass is 379 g/mol. The number of allylic oxidation sites excluding steroid dienone is 2. The first kappa shape index (κ1) is 17.5. The van der Waals surface area contributed by atoms with Crippen LogP contribution in [0.25, 0.3) is 0 Å². The smallest absolute Gasteiger partial charge is 0.242 e. The fraction of sp³-hybridized carbons (Fsp3) is 0.500. The van der Waals surface area contributed by atoms with Crippen molar-refractivity contribution in [1.29, 1.82) is 0 Å². The summed E-state index contributed by atoms with van der Waals surface area (Å²) in [5, 5.41) is 0. The molecule has 146 valence electrons. The maximum absolute atomic E-state index is 12.9. The van der Waals surface area contributed by atoms with E-state index in [4.69, 9.17) is 0 Å². The molecule has 4 aliphatic rings. The summed E-state index contributed by atoms with van der Waals surface area (Å²) in [5.41, 5.74) is 2.39. The first-order valence-corrected chi connectivity index (χ1v) is 10.2. The van der Waals surface area contributed by atoms with E-state index in [-0.39, 0.29) is 47.9 Å². The fourth-order valence-corrected chi connectivity index (χ4v) is 5.58. The maximum atomic E-state index is 12.9. The molecule has 2 aliphatic carbocycles. The molecule has 2 heterocycles. The number of carbonyl (C=O) groups is 3. The summed E-state index contributed by atoms with van der Waals surface area (Å²) >= 11 is 0. The highest BCUT2D eigenvalue weighted by Gasteiger charge is 2.60. The highest BCUT2D eigenvalue weighted by atomic mass is 16.2. The number of hydrogen-bond donors (Lipinski definition) is 0. The zero-order valence-electron chi connectivity index (χ0n) is 16.1. The van der Waals surface area contributed by atoms with Crippen molar-refractivity contribution >= 4 is 23.4 Å². The lowest BCUT2D eigenvalue weighted by Crippen LogP contribution is -2.52. The van der Waals surface area contributed by atoms with Gasteiger partial charge in [0.25, 0.3) is 0 Å². The van der Waals surface area contributed by atoms with Gasteiger partial charge in [-0.25, -0.2) is 0 Å². The van der Waals surface area contributed by atoms with E-state index in [0.29, 0.717) is 13.1 Å². The minimum absolute atomic E-state index is 0.103. The number of anilines is 1. The Morgan fingerprint density at radius 2 is 1.68 bits per heavy atom. The number of amides is 3. The molecule has 5 rings (SSSR count). The molecule has 2 aliphatic heterocycles. The molecule has 1 saturated carbocycles. The summed E-state index contributed by atoms with van der Waals surface area (Å²) in [5.74, 6) is -0.476. The SMILES string of the molecule is CC1=CC2CC1C1C(=O)N(CC(=O)N3CCN(c4ccccc4)CC3)C(=O)C21. The van der Waals surface area contributed by atoms with Gasteiger partial charge in [-0.15, -0.1) is 0 Å². The van der Waals surface area contributed by atoms with Gasteiger partial charge in [0.15, 0.2) is 0 Å². The molecule has 1 aromatic rings. The Kier molecular flexibility index (Phi) is 4.03. The van der Waals surface area contributed by atoms with Gasteiger partial charge in [0.05, 0.1) is 11.8 Å². The van der Waals surface area contributed by atoms with Crippen LogP contribution in [0.3, 0.4) is 0 Å². The predicted octanol–water partition coefficient (Wildman–Crippen LogP) is 1.53. The van der Waals surface area contributed by atoms with Gasteiger partial charge in [-0.3, -0.25) is 19.3 Å². The molecule has 4 atom stereocenters. The van der Waals surface area contributed by atoms with Crippen molar-refractivity contribution in [2.45, 2.75) is 13.3 Å². The lowest BCUT2D eigenvalue weighted by atomic mass is 9.82. The number of hydrogen-bond acceptors (Lipinski definition) is 4. The van der Waals surface area contributed by atoms with Gasteiger partial charge < -0.3 is 9.80 Å². The molecule has 0 aromatic heterocycles. The maximum Gasteiger partial charge on any atom is 0.242 e. The van der Waals surface area contributed by atoms with Crippen molar-refractivity contribution in [2.75, 3.05) is 37.6 Å². The van der Waals surface area contributed by atoms with Gasteiger partial charge in [0.1, 0.15) is 6.54 Å². The summed E-state index contributed by atoms with van der Waals surface area (Å²) < 4.78 is 0. The van der Waals surface area contributed by atoms with E-state index >= 15 is 0 Å². The largest absolute Gasteiger partial charge is 0.368 e. The van der Waals surface area contributed by atoms with Crippen LogP contribution in [-0.2, 0) is 14.4 Å². The van der Waals surface area contributed by atoms with Crippen LogP contribution in [0.4, 0.5) is 5.69 Å². The Bertz CT molecular complexity index is 857. The predicted molar refractivity (Wildman–Crippen MR) is 104 cm³/mol. The number of likely N-dealkylation sites (tertiary alicyclic amines) is 1. The molecule has 3 fully saturated rings. The molecule has 0 N–H and O–H groups in total. The average molecular weight is 379 g/mol. The lowest BCUT2D eigenvalue weighted by molar-refractivity contribution is -0.147. The van der Waals surface area contributed by atoms with Crippen LogP contribution in [0.15, 0.2) is 42.0 Å². The molecule has 2 saturated heterocycles. The van der Waals surface area contributed by atoms with Crippen molar-refractivity contribution in [3.05, 3.63) is 42.0 Å². The second-order valence-electron chi connectivity index (χ2n) is 8.43. The molecule has 3 amide bonds. The van der Waals surface area contributed by atoms with Crippen LogP contribution in [0.2, 0.25) is 0 Å². The molecule has 6 heteroatoms. The molecule has 1 aromatic carbocycles. The number of imide groups is 1. The standard InChI is InChI=1S/C22H25N3O3/c1-14-11-15-12-17(14)20-19(15)21(27)25(22(20)28)13-18(26)24-9-7-23(8-10-24)16-5-3-2-4-6-16/h2-6,11,15,17,19-20H,7-10,12-13H2,1H3. The van der Waals surface area contributed by atoms with Gasteiger partial charge in [-0.05, 0) is 37.3 Å². The first-order chi connectivity index (χ1) is 13.5. The lowest BCUT2D eigenvalue weighted by Gasteiger charge is -2.36. The van der Waals surface area contributed by atoms with Crippen molar-refractivity contribution in [2.24, 2.45) is 23.7 Å². The summed E-state index contributed by atoms with van der Waals surface area (Å²) in [6, 6.07) is 10.2. The third-order valence-electron chi connectivity index (χ3n) is 7.02. The van der Waals surface area contributed by atoms with Crippen molar-refractivity contribution in [1.82, 2.24) is 9.80 Å². The topological polar surface area (TPSA) is 60.9 Å². The molecule has 28 heavy (non-hydrogen) atoms. The van der Waals surface area contributed by atoms with E-state index in [1.54, 1.807) is 4.90 Å². The quantitative estimate of drug-likeness (QED) is 0.590. The molecule has 4 unspecified atom stereocenters. The van der Waals surface area contributed by atoms with Gasteiger partial charge in [-0.1, -0.05) is 29.8 Å². The number of piperazine rings is 1. The van der Waals surface area contributed by atoms with E-state index in [1.807, 2.05) is 18.2 Å². The number of fused-ring (bicyclic) bond motifs is 5. The van der Waals surface area contributed by atoms with Crippen LogP contribution in [0, 0.1) is 23.7 Å². The van der Waals surface area contributed by atoms with Crippen LogP contribution in [0.5, 0.6) is 0 Å². The zero-order chi connectivity index (χ0) is 19.4. The van der Waals surface area contributed by atoms with E-state index in [9.17, 15) is 14.4 Å². The molecule has 2 bridgehead atoms. The Morgan fingerprint density at radius 3 is 2.39 bits per heavy atom. The summed E-state index contributed by atoms with van der Waals surface area (Å²) in [6.45, 7) is 4.70. The van der Waals surface area contributed by atoms with Crippen molar-refractivity contribution in [3.63, 3.8) is 0 Å². The van der Waals surface area contributed by atoms with Crippen LogP contribution >= 0.6 is 0 Å². The molecular weight excluding hydrogens is 354 g/mol. The van der Waals surface area contributed by atoms with Crippen molar-refractivity contribution in [3.8, 4) is 0 Å². The second kappa shape index (κ2) is 6.47. The molecule has 6 nitrogen and oxygen atoms in total. The van der Waals surface area contributed by atoms with Gasteiger partial charge in [0, 0.05) is 31.9 Å². The summed E-state index contributed by atoms with van der Waals surface area (Å²) in [7, 11) is 0. The third kappa shape index (κ3) is 2.58. The molecule has 0 spiro atoms. The first-order valence-electron chi connectivity index (χ1n) is 10.2. The number of para-hydroxylation sites is 1. The Hall–Kier alpha value is -2.63. The Morgan fingerprint density at radius 1 is 1.00 bits per heavy atom. The van der Waals surface area contributed by atoms with Gasteiger partial charge in [-0.2, -0.15) is 0 Å². The van der Waals surface area contributed by atoms with Crippen LogP contribution < -0.4 is 4.90 Å². The third-order valence-corrected chi connectivity index (χ3v) is 7.02. The number of benzene rings is 1. The fourth-order valence-electron chi connectivity index (χ4n) is 5.58. The van der Waals surface area contributed by atoms with Crippen LogP contribution in [-0.4, -0.2) is 60.2 Å². The molecular formula is C22H25N3O3. The number of nitrogens with zero attached hydrogens (tertiary/aromatic N) is 3. The number of carbonyl (C=O) groups excluding carboxylic acids is 3. The number of rotatable bonds is 3. The van der Waals surface area contributed by atoms with Gasteiger partial charge >= 0.3 is 0 Å². The zero-order valence-corrected chi connectivity index (χ0v) is 16.1. The van der Waals surface area contributed by atoms with E-state index < -0.39 is 0 Å². The average Bonchev–Trinajstić information content (AvgIpc) is 3.35. The van der Waals surface area contributed by atoms with E-state index in [2.05, 4.69) is 30.0 Å². The summed E-state index contributed by atoms with van der Waals surface area (Å²) in [4.78, 5) is 43.8. The minimum atomic E-state index is -0.232. The normalized spacial score (nSPS) is 31.5. The van der Waals surface area contributed by atoms with Crippen molar-refractivity contribution < 1.29 is 14.4 Å². The Balaban J connectivity index is 1.21.